The van der Waals surface area contributed by atoms with Gasteiger partial charge in [-0.2, -0.15) is 13.2 Å². The van der Waals surface area contributed by atoms with Gasteiger partial charge >= 0.3 is 6.18 Å². The third-order valence-corrected chi connectivity index (χ3v) is 6.36. The number of benzene rings is 3. The molecule has 0 radical (unpaired) electrons. The smallest absolute Gasteiger partial charge is 0.418 e. The maximum atomic E-state index is 14.0. The average molecular weight is 449 g/mol. The van der Waals surface area contributed by atoms with E-state index in [1.807, 2.05) is 0 Å². The summed E-state index contributed by atoms with van der Waals surface area (Å²) in [4.78, 5) is -0.127. The Labute approximate surface area is 177 Å². The molecule has 1 fully saturated rings. The van der Waals surface area contributed by atoms with Crippen molar-refractivity contribution in [1.82, 2.24) is 0 Å². The third-order valence-electron chi connectivity index (χ3n) is 4.60. The van der Waals surface area contributed by atoms with Crippen LogP contribution in [0.2, 0.25) is 0 Å². The van der Waals surface area contributed by atoms with Crippen molar-refractivity contribution in [2.75, 3.05) is 17.5 Å². The molecule has 162 valence electrons. The first kappa shape index (κ1) is 21.2. The molecule has 1 heterocycles. The quantitative estimate of drug-likeness (QED) is 0.476. The summed E-state index contributed by atoms with van der Waals surface area (Å²) in [6.45, 7) is 0.628. The van der Waals surface area contributed by atoms with E-state index < -0.39 is 27.5 Å². The monoisotopic (exact) mass is 449 g/mol. The second kappa shape index (κ2) is 8.24. The van der Waals surface area contributed by atoms with Crippen molar-refractivity contribution in [3.63, 3.8) is 0 Å². The minimum Gasteiger partial charge on any atom is -0.491 e. The Hall–Kier alpha value is -3.04. The molecule has 0 saturated carbocycles. The molecule has 4 rings (SSSR count). The van der Waals surface area contributed by atoms with Crippen LogP contribution in [0.4, 0.5) is 24.5 Å². The Morgan fingerprint density at radius 2 is 1.58 bits per heavy atom. The molecule has 0 aromatic heterocycles. The van der Waals surface area contributed by atoms with E-state index in [0.29, 0.717) is 10.9 Å². The van der Waals surface area contributed by atoms with Gasteiger partial charge in [0.15, 0.2) is 0 Å². The topological polar surface area (TPSA) is 59.1 Å². The van der Waals surface area contributed by atoms with Crippen LogP contribution < -0.4 is 9.04 Å². The highest BCUT2D eigenvalue weighted by molar-refractivity contribution is 7.93. The Balaban J connectivity index is 1.86. The molecule has 3 aromatic carbocycles. The van der Waals surface area contributed by atoms with Gasteiger partial charge in [-0.25, -0.2) is 12.7 Å². The number of epoxide rings is 1. The second-order valence-electron chi connectivity index (χ2n) is 6.86. The molecule has 0 spiro atoms. The maximum Gasteiger partial charge on any atom is 0.418 e. The fraction of sp³-hybridized carbons (Fsp3) is 0.182. The zero-order valence-corrected chi connectivity index (χ0v) is 16.9. The molecule has 0 aliphatic carbocycles. The maximum absolute atomic E-state index is 14.0. The van der Waals surface area contributed by atoms with Gasteiger partial charge in [0.2, 0.25) is 0 Å². The van der Waals surface area contributed by atoms with E-state index in [-0.39, 0.29) is 29.0 Å². The first-order chi connectivity index (χ1) is 14.8. The SMILES string of the molecule is O=S(=O)(c1ccccc1)N(c1ccccc1)c1ccc(OCC2CO2)cc1C(F)(F)F. The Kier molecular flexibility index (Phi) is 5.63. The van der Waals surface area contributed by atoms with E-state index in [2.05, 4.69) is 0 Å². The number of ether oxygens (including phenoxy) is 2. The van der Waals surface area contributed by atoms with Crippen LogP contribution in [0.15, 0.2) is 83.8 Å². The fourth-order valence-electron chi connectivity index (χ4n) is 3.03. The van der Waals surface area contributed by atoms with Crippen molar-refractivity contribution in [3.05, 3.63) is 84.4 Å². The van der Waals surface area contributed by atoms with E-state index in [9.17, 15) is 21.6 Å². The zero-order valence-electron chi connectivity index (χ0n) is 16.1. The van der Waals surface area contributed by atoms with Crippen LogP contribution in [0.25, 0.3) is 0 Å². The molecule has 31 heavy (non-hydrogen) atoms. The summed E-state index contributed by atoms with van der Waals surface area (Å²) in [5.74, 6) is -0.0169. The van der Waals surface area contributed by atoms with E-state index in [1.165, 1.54) is 42.5 Å². The number of para-hydroxylation sites is 1. The predicted molar refractivity (Wildman–Crippen MR) is 109 cm³/mol. The fourth-order valence-corrected chi connectivity index (χ4v) is 4.56. The summed E-state index contributed by atoms with van der Waals surface area (Å²) >= 11 is 0. The van der Waals surface area contributed by atoms with Crippen LogP contribution >= 0.6 is 0 Å². The number of nitrogens with zero attached hydrogens (tertiary/aromatic N) is 1. The number of halogens is 3. The molecule has 1 aliphatic heterocycles. The first-order valence-electron chi connectivity index (χ1n) is 9.38. The lowest BCUT2D eigenvalue weighted by atomic mass is 10.1. The van der Waals surface area contributed by atoms with Gasteiger partial charge in [0.25, 0.3) is 10.0 Å². The van der Waals surface area contributed by atoms with Crippen LogP contribution in [-0.4, -0.2) is 27.7 Å². The number of anilines is 2. The summed E-state index contributed by atoms with van der Waals surface area (Å²) in [5.41, 5.74) is -1.56. The lowest BCUT2D eigenvalue weighted by molar-refractivity contribution is -0.137. The van der Waals surface area contributed by atoms with Gasteiger partial charge in [0.05, 0.1) is 28.4 Å². The molecule has 0 amide bonds. The van der Waals surface area contributed by atoms with Gasteiger partial charge in [-0.3, -0.25) is 0 Å². The van der Waals surface area contributed by atoms with Crippen LogP contribution in [0.5, 0.6) is 5.75 Å². The van der Waals surface area contributed by atoms with Gasteiger partial charge in [-0.05, 0) is 42.5 Å². The minimum absolute atomic E-state index is 0.0169. The van der Waals surface area contributed by atoms with Crippen molar-refractivity contribution in [3.8, 4) is 5.75 Å². The normalized spacial score (nSPS) is 16.0. The largest absolute Gasteiger partial charge is 0.491 e. The molecule has 0 N–H and O–H groups in total. The van der Waals surface area contributed by atoms with Gasteiger partial charge in [0.1, 0.15) is 18.5 Å². The molecule has 9 heteroatoms. The van der Waals surface area contributed by atoms with Crippen LogP contribution in [0.3, 0.4) is 0 Å². The van der Waals surface area contributed by atoms with Crippen LogP contribution in [0.1, 0.15) is 5.56 Å². The van der Waals surface area contributed by atoms with Crippen LogP contribution in [0, 0.1) is 0 Å². The second-order valence-corrected chi connectivity index (χ2v) is 8.65. The summed E-state index contributed by atoms with van der Waals surface area (Å²) in [7, 11) is -4.35. The average Bonchev–Trinajstić information content (AvgIpc) is 3.58. The third kappa shape index (κ3) is 4.67. The van der Waals surface area contributed by atoms with Gasteiger partial charge < -0.3 is 9.47 Å². The Morgan fingerprint density at radius 1 is 0.968 bits per heavy atom. The molecular weight excluding hydrogens is 431 g/mol. The predicted octanol–water partition coefficient (Wildman–Crippen LogP) is 5.01. The van der Waals surface area contributed by atoms with E-state index >= 15 is 0 Å². The standard InChI is InChI=1S/C22H18F3NO4S/c23-22(24,25)20-13-17(29-14-18-15-30-18)11-12-21(20)26(16-7-3-1-4-8-16)31(27,28)19-9-5-2-6-10-19/h1-13,18H,14-15H2. The molecule has 5 nitrogen and oxygen atoms in total. The van der Waals surface area contributed by atoms with Gasteiger partial charge in [-0.1, -0.05) is 36.4 Å². The van der Waals surface area contributed by atoms with E-state index in [0.717, 1.165) is 12.1 Å². The van der Waals surface area contributed by atoms with E-state index in [4.69, 9.17) is 9.47 Å². The molecule has 1 unspecified atom stereocenters. The Morgan fingerprint density at radius 3 is 2.16 bits per heavy atom. The number of rotatable bonds is 7. The number of alkyl halides is 3. The van der Waals surface area contributed by atoms with Crippen LogP contribution in [-0.2, 0) is 20.9 Å². The summed E-state index contributed by atoms with van der Waals surface area (Å²) in [5, 5.41) is 0. The summed E-state index contributed by atoms with van der Waals surface area (Å²) in [6.07, 6.45) is -4.95. The van der Waals surface area contributed by atoms with Crippen molar-refractivity contribution in [2.45, 2.75) is 17.2 Å². The number of hydrogen-bond acceptors (Lipinski definition) is 4. The lowest BCUT2D eigenvalue weighted by Crippen LogP contribution is -2.28. The molecule has 1 saturated heterocycles. The highest BCUT2D eigenvalue weighted by atomic mass is 32.2. The van der Waals surface area contributed by atoms with Gasteiger partial charge in [-0.15, -0.1) is 0 Å². The zero-order chi connectivity index (χ0) is 22.1. The number of sulfonamides is 1. The van der Waals surface area contributed by atoms with Gasteiger partial charge in [0, 0.05) is 0 Å². The molecule has 3 aromatic rings. The summed E-state index contributed by atoms with van der Waals surface area (Å²) < 4.78 is 80.0. The van der Waals surface area contributed by atoms with Crippen molar-refractivity contribution < 1.29 is 31.1 Å². The molecular formula is C22H18F3NO4S. The Bertz CT molecular complexity index is 1150. The van der Waals surface area contributed by atoms with Crippen molar-refractivity contribution >= 4 is 21.4 Å². The van der Waals surface area contributed by atoms with E-state index in [1.54, 1.807) is 24.3 Å². The lowest BCUT2D eigenvalue weighted by Gasteiger charge is -2.27. The molecule has 1 atom stereocenters. The first-order valence-corrected chi connectivity index (χ1v) is 10.8. The highest BCUT2D eigenvalue weighted by Crippen LogP contribution is 2.43. The number of hydrogen-bond donors (Lipinski definition) is 0. The minimum atomic E-state index is -4.82. The highest BCUT2D eigenvalue weighted by Gasteiger charge is 2.39. The van der Waals surface area contributed by atoms with Crippen molar-refractivity contribution in [2.24, 2.45) is 0 Å². The molecule has 1 aliphatic rings. The molecule has 0 bridgehead atoms. The van der Waals surface area contributed by atoms with Crippen molar-refractivity contribution in [1.29, 1.82) is 0 Å². The summed E-state index contributed by atoms with van der Waals surface area (Å²) in [6, 6.07) is 18.2.